The molecule has 0 aliphatic rings. The predicted molar refractivity (Wildman–Crippen MR) is 538 cm³/mol. The summed E-state index contributed by atoms with van der Waals surface area (Å²) in [5.74, 6) is 2.32. The molecule has 0 amide bonds. The summed E-state index contributed by atoms with van der Waals surface area (Å²) >= 11 is 0. The highest BCUT2D eigenvalue weighted by Gasteiger charge is 2.30. The number of benzene rings is 18. The molecule has 18 nitrogen and oxygen atoms in total. The standard InChI is InChI=1S/2C59H31N7O2/c60-32-34-22-24-49(65-47-18-8-4-14-37(47)41-28-43-39-16-6-10-20-53(39)67-55(43)30-51(41)65)45(26-34)58-62-57(36-12-2-1-3-13-36)63-59(64-58)46-27-35(33-61)23-25-50(46)66-48-19-9-5-15-38(48)42-29-44-40-17-7-11-21-54(40)68-56(44)31-52(42)66;60-32-34-22-24-45(65-43-18-8-4-14-37(43)53-47(65)26-28-51-55(53)39-16-6-10-20-49(39)67-51)41(30-34)58-62-57(36-12-2-1-3-13-36)63-59(64-58)42-31-35(33-61)23-25-46(42)66-44-19-9-5-15-38(44)54-48(66)27-29-52-56(54)40-17-7-11-21-50(40)68-52/h2*1-31H. The number of fused-ring (bicyclic) bond motifs is 26. The first-order valence-corrected chi connectivity index (χ1v) is 44.4. The van der Waals surface area contributed by atoms with Crippen LogP contribution in [-0.2, 0) is 0 Å². The first-order valence-electron chi connectivity index (χ1n) is 44.4. The summed E-state index contributed by atoms with van der Waals surface area (Å²) in [7, 11) is 0. The maximum absolute atomic E-state index is 10.5. The van der Waals surface area contributed by atoms with Crippen LogP contribution < -0.4 is 0 Å². The summed E-state index contributed by atoms with van der Waals surface area (Å²) < 4.78 is 34.6. The highest BCUT2D eigenvalue weighted by atomic mass is 16.3. The number of aromatic nitrogens is 10. The topological polar surface area (TPSA) is 245 Å². The van der Waals surface area contributed by atoms with Gasteiger partial charge in [-0.25, -0.2) is 29.9 Å². The molecule has 0 fully saturated rings. The number of hydrogen-bond acceptors (Lipinski definition) is 14. The number of rotatable bonds is 10. The number of nitrogens with zero attached hydrogens (tertiary/aromatic N) is 14. The minimum Gasteiger partial charge on any atom is -0.456 e. The largest absolute Gasteiger partial charge is 0.456 e. The Kier molecular flexibility index (Phi) is 16.8. The lowest BCUT2D eigenvalue weighted by Crippen LogP contribution is -2.06. The van der Waals surface area contributed by atoms with Crippen molar-refractivity contribution in [2.75, 3.05) is 0 Å². The van der Waals surface area contributed by atoms with E-state index in [9.17, 15) is 21.0 Å². The van der Waals surface area contributed by atoms with Crippen molar-refractivity contribution in [1.82, 2.24) is 48.2 Å². The van der Waals surface area contributed by atoms with E-state index in [0.717, 1.165) is 209 Å². The van der Waals surface area contributed by atoms with Crippen LogP contribution in [0.2, 0.25) is 0 Å². The van der Waals surface area contributed by atoms with Crippen LogP contribution in [0.25, 0.3) is 266 Å². The van der Waals surface area contributed by atoms with Gasteiger partial charge in [0.15, 0.2) is 34.9 Å². The molecule has 0 unspecified atom stereocenters. The zero-order valence-corrected chi connectivity index (χ0v) is 71.7. The third-order valence-electron chi connectivity index (χ3n) is 26.5. The molecule has 0 saturated heterocycles. The maximum atomic E-state index is 10.5. The molecule has 10 aromatic heterocycles. The predicted octanol–water partition coefficient (Wildman–Crippen LogP) is 29.2. The number of furan rings is 4. The molecule has 0 atom stereocenters. The van der Waals surface area contributed by atoms with Gasteiger partial charge in [-0.3, -0.25) is 0 Å². The Hall–Kier alpha value is -19.7. The number of para-hydroxylation sites is 8. The highest BCUT2D eigenvalue weighted by molar-refractivity contribution is 6.30. The van der Waals surface area contributed by atoms with Gasteiger partial charge < -0.3 is 35.9 Å². The minimum absolute atomic E-state index is 0.358. The molecular formula is C118H62N14O4. The first-order chi connectivity index (χ1) is 67.2. The SMILES string of the molecule is N#Cc1ccc(-n2c3ccccc3c3c4c(ccc32)oc2ccccc24)c(-c2nc(-c3ccccc3)nc(-c3cc(C#N)ccc3-n3c4ccccc4c4c5c(ccc43)oc3ccccc35)n2)c1.N#Cc1ccc(-n2c3ccccc3c3cc4c(cc32)oc2ccccc24)c(-c2nc(-c3ccccc3)nc(-c3cc(C#N)ccc3-n3c4ccccc4c4cc5c(cc43)oc3ccccc35)n2)c1. The summed E-state index contributed by atoms with van der Waals surface area (Å²) in [6.45, 7) is 0. The molecule has 628 valence electrons. The second-order valence-corrected chi connectivity index (χ2v) is 33.9. The van der Waals surface area contributed by atoms with Gasteiger partial charge in [-0.1, -0.05) is 206 Å². The number of hydrogen-bond donors (Lipinski definition) is 0. The summed E-state index contributed by atoms with van der Waals surface area (Å²) in [6, 6.07) is 134. The lowest BCUT2D eigenvalue weighted by Gasteiger charge is -2.17. The van der Waals surface area contributed by atoms with Crippen molar-refractivity contribution < 1.29 is 17.7 Å². The normalized spacial score (nSPS) is 11.8. The van der Waals surface area contributed by atoms with Crippen molar-refractivity contribution in [1.29, 1.82) is 21.0 Å². The molecule has 0 bridgehead atoms. The molecule has 18 heteroatoms. The van der Waals surface area contributed by atoms with Gasteiger partial charge in [-0.2, -0.15) is 21.0 Å². The van der Waals surface area contributed by atoms with Crippen molar-refractivity contribution in [2.45, 2.75) is 0 Å². The van der Waals surface area contributed by atoms with E-state index in [0.29, 0.717) is 79.5 Å². The van der Waals surface area contributed by atoms with E-state index < -0.39 is 0 Å². The molecule has 28 rings (SSSR count). The molecule has 0 aliphatic carbocycles. The van der Waals surface area contributed by atoms with Crippen LogP contribution in [0.15, 0.2) is 394 Å². The van der Waals surface area contributed by atoms with E-state index in [1.165, 1.54) is 0 Å². The van der Waals surface area contributed by atoms with Crippen LogP contribution in [0.1, 0.15) is 22.3 Å². The van der Waals surface area contributed by atoms with Crippen LogP contribution in [0, 0.1) is 45.3 Å². The molecule has 28 aromatic rings. The van der Waals surface area contributed by atoms with E-state index in [2.05, 4.69) is 176 Å². The van der Waals surface area contributed by atoms with Crippen LogP contribution in [0.5, 0.6) is 0 Å². The second-order valence-electron chi connectivity index (χ2n) is 33.9. The fourth-order valence-electron chi connectivity index (χ4n) is 20.5. The summed E-state index contributed by atoms with van der Waals surface area (Å²) in [6.07, 6.45) is 0. The van der Waals surface area contributed by atoms with Gasteiger partial charge in [-0.05, 0) is 158 Å². The zero-order valence-electron chi connectivity index (χ0n) is 71.7. The van der Waals surface area contributed by atoms with E-state index in [1.54, 1.807) is 0 Å². The van der Waals surface area contributed by atoms with Crippen LogP contribution in [0.4, 0.5) is 0 Å². The Morgan fingerprint density at radius 1 is 0.176 bits per heavy atom. The number of nitriles is 4. The van der Waals surface area contributed by atoms with Gasteiger partial charge in [0, 0.05) is 132 Å². The molecule has 0 saturated carbocycles. The molecule has 0 spiro atoms. The quantitative estimate of drug-likeness (QED) is 0.124. The molecule has 10 heterocycles. The van der Waals surface area contributed by atoms with Crippen molar-refractivity contribution in [3.8, 4) is 115 Å². The molecular weight excluding hydrogens is 1680 g/mol. The van der Waals surface area contributed by atoms with E-state index in [-0.39, 0.29) is 0 Å². The van der Waals surface area contributed by atoms with Crippen molar-refractivity contribution in [3.63, 3.8) is 0 Å². The average Bonchev–Trinajstić information content (AvgIpc) is 1.58. The molecule has 0 N–H and O–H groups in total. The molecule has 136 heavy (non-hydrogen) atoms. The smallest absolute Gasteiger partial charge is 0.166 e. The van der Waals surface area contributed by atoms with Gasteiger partial charge in [0.1, 0.15) is 44.7 Å². The third-order valence-corrected chi connectivity index (χ3v) is 26.5. The second kappa shape index (κ2) is 30.0. The van der Waals surface area contributed by atoms with Gasteiger partial charge in [0.25, 0.3) is 0 Å². The Morgan fingerprint density at radius 3 is 0.794 bits per heavy atom. The van der Waals surface area contributed by atoms with Crippen LogP contribution >= 0.6 is 0 Å². The molecule has 0 aliphatic heterocycles. The van der Waals surface area contributed by atoms with Crippen molar-refractivity contribution >= 4 is 175 Å². The third kappa shape index (κ3) is 11.7. The fourth-order valence-corrected chi connectivity index (χ4v) is 20.5. The van der Waals surface area contributed by atoms with Gasteiger partial charge >= 0.3 is 0 Å². The highest BCUT2D eigenvalue weighted by Crippen LogP contribution is 2.49. The van der Waals surface area contributed by atoms with E-state index in [1.807, 2.05) is 243 Å². The average molecular weight is 1740 g/mol. The Balaban J connectivity index is 0.000000138. The minimum atomic E-state index is 0.358. The van der Waals surface area contributed by atoms with Crippen LogP contribution in [0.3, 0.4) is 0 Å². The Labute approximate surface area is 770 Å². The molecule has 18 aromatic carbocycles. The monoisotopic (exact) mass is 1740 g/mol. The summed E-state index contributed by atoms with van der Waals surface area (Å²) in [4.78, 5) is 31.7. The summed E-state index contributed by atoms with van der Waals surface area (Å²) in [5.41, 5.74) is 23.0. The van der Waals surface area contributed by atoms with Gasteiger partial charge in [0.2, 0.25) is 0 Å². The van der Waals surface area contributed by atoms with E-state index in [4.69, 9.17) is 47.6 Å². The summed E-state index contributed by atoms with van der Waals surface area (Å²) in [5, 5.41) is 58.6. The first kappa shape index (κ1) is 76.4. The van der Waals surface area contributed by atoms with Crippen molar-refractivity contribution in [2.24, 2.45) is 0 Å². The lowest BCUT2D eigenvalue weighted by atomic mass is 10.0. The lowest BCUT2D eigenvalue weighted by molar-refractivity contribution is 0.669. The zero-order chi connectivity index (χ0) is 90.1. The van der Waals surface area contributed by atoms with Gasteiger partial charge in [0.05, 0.1) is 113 Å². The van der Waals surface area contributed by atoms with Crippen molar-refractivity contribution in [3.05, 3.63) is 398 Å². The Bertz CT molecular complexity index is 9710. The maximum Gasteiger partial charge on any atom is 0.166 e. The van der Waals surface area contributed by atoms with E-state index >= 15 is 0 Å². The molecule has 0 radical (unpaired) electrons. The fraction of sp³-hybridized carbons (Fsp3) is 0. The Morgan fingerprint density at radius 2 is 0.449 bits per heavy atom. The van der Waals surface area contributed by atoms with Crippen LogP contribution in [-0.4, -0.2) is 48.2 Å². The van der Waals surface area contributed by atoms with Gasteiger partial charge in [-0.15, -0.1) is 0 Å².